The summed E-state index contributed by atoms with van der Waals surface area (Å²) in [5, 5.41) is 0. The van der Waals surface area contributed by atoms with Crippen LogP contribution in [0.2, 0.25) is 0 Å². The summed E-state index contributed by atoms with van der Waals surface area (Å²) in [7, 11) is 2.72. The first-order chi connectivity index (χ1) is 14.9. The minimum absolute atomic E-state index is 0.300. The summed E-state index contributed by atoms with van der Waals surface area (Å²) in [4.78, 5) is 34.0. The highest BCUT2D eigenvalue weighted by Crippen LogP contribution is 2.17. The average Bonchev–Trinajstić information content (AvgIpc) is 2.72. The molecule has 7 heteroatoms. The average molecular weight is 505 g/mol. The van der Waals surface area contributed by atoms with Crippen molar-refractivity contribution in [3.05, 3.63) is 74.8 Å². The van der Waals surface area contributed by atoms with Gasteiger partial charge in [-0.1, -0.05) is 22.0 Å². The second-order valence-corrected chi connectivity index (χ2v) is 8.74. The quantitative estimate of drug-likeness (QED) is 0.302. The molecule has 0 spiro atoms. The highest BCUT2D eigenvalue weighted by Gasteiger charge is 2.14. The Morgan fingerprint density at radius 1 is 0.844 bits per heavy atom. The van der Waals surface area contributed by atoms with Crippen LogP contribution in [0.5, 0.6) is 0 Å². The van der Waals surface area contributed by atoms with E-state index < -0.39 is 11.6 Å². The van der Waals surface area contributed by atoms with Crippen molar-refractivity contribution in [2.75, 3.05) is 14.2 Å². The maximum absolute atomic E-state index is 11.6. The van der Waals surface area contributed by atoms with E-state index in [2.05, 4.69) is 25.4 Å². The van der Waals surface area contributed by atoms with E-state index in [4.69, 9.17) is 4.74 Å². The summed E-state index contributed by atoms with van der Waals surface area (Å²) < 4.78 is 15.4. The second-order valence-electron chi connectivity index (χ2n) is 7.89. The third-order valence-corrected chi connectivity index (χ3v) is 4.97. The minimum Gasteiger partial charge on any atom is -0.465 e. The molecule has 0 fully saturated rings. The van der Waals surface area contributed by atoms with Crippen molar-refractivity contribution in [2.45, 2.75) is 40.2 Å². The SMILES string of the molecule is COC(=O)c1ccc(/C=C/C(=O)OC(C)(C)C)c(C)c1.COC(=O)c1ccc(Br)c(C)c1. The topological polar surface area (TPSA) is 78.9 Å². The zero-order valence-electron chi connectivity index (χ0n) is 19.4. The van der Waals surface area contributed by atoms with Crippen LogP contribution in [0.15, 0.2) is 46.9 Å². The molecule has 0 N–H and O–H groups in total. The molecule has 172 valence electrons. The Morgan fingerprint density at radius 3 is 1.78 bits per heavy atom. The van der Waals surface area contributed by atoms with Gasteiger partial charge < -0.3 is 14.2 Å². The van der Waals surface area contributed by atoms with E-state index >= 15 is 0 Å². The minimum atomic E-state index is -0.509. The van der Waals surface area contributed by atoms with Crippen molar-refractivity contribution in [3.63, 3.8) is 0 Å². The summed E-state index contributed by atoms with van der Waals surface area (Å²) in [6.07, 6.45) is 3.05. The van der Waals surface area contributed by atoms with Crippen LogP contribution in [0, 0.1) is 13.8 Å². The molecule has 0 aliphatic heterocycles. The van der Waals surface area contributed by atoms with Gasteiger partial charge >= 0.3 is 17.9 Å². The van der Waals surface area contributed by atoms with E-state index in [1.165, 1.54) is 20.3 Å². The molecule has 0 aliphatic rings. The number of carbonyl (C=O) groups excluding carboxylic acids is 3. The van der Waals surface area contributed by atoms with E-state index in [9.17, 15) is 14.4 Å². The van der Waals surface area contributed by atoms with Gasteiger partial charge in [-0.05, 0) is 87.7 Å². The zero-order chi connectivity index (χ0) is 24.5. The molecular weight excluding hydrogens is 476 g/mol. The molecule has 2 rings (SSSR count). The Kier molecular flexibility index (Phi) is 10.3. The lowest BCUT2D eigenvalue weighted by Gasteiger charge is -2.17. The van der Waals surface area contributed by atoms with Gasteiger partial charge in [-0.25, -0.2) is 14.4 Å². The standard InChI is InChI=1S/C16H20O4.C9H9BrO2/c1-11-10-13(15(18)19-5)7-6-12(11)8-9-14(17)20-16(2,3)4;1-6-5-7(9(11)12-2)3-4-8(6)10/h6-10H,1-5H3;3-5H,1-2H3/b9-8+;. The molecule has 0 radical (unpaired) electrons. The number of aryl methyl sites for hydroxylation is 2. The van der Waals surface area contributed by atoms with Crippen LogP contribution in [-0.4, -0.2) is 37.7 Å². The number of methoxy groups -OCH3 is 2. The number of esters is 3. The smallest absolute Gasteiger partial charge is 0.337 e. The van der Waals surface area contributed by atoms with Crippen LogP contribution in [0.4, 0.5) is 0 Å². The summed E-state index contributed by atoms with van der Waals surface area (Å²) in [6, 6.07) is 10.5. The van der Waals surface area contributed by atoms with Gasteiger partial charge in [-0.15, -0.1) is 0 Å². The summed E-state index contributed by atoms with van der Waals surface area (Å²) in [6.45, 7) is 9.23. The second kappa shape index (κ2) is 12.2. The van der Waals surface area contributed by atoms with Gasteiger partial charge in [0.2, 0.25) is 0 Å². The van der Waals surface area contributed by atoms with E-state index in [0.29, 0.717) is 11.1 Å². The number of ether oxygens (including phenoxy) is 3. The molecule has 0 amide bonds. The molecule has 6 nitrogen and oxygen atoms in total. The number of hydrogen-bond donors (Lipinski definition) is 0. The van der Waals surface area contributed by atoms with Crippen LogP contribution < -0.4 is 0 Å². The fourth-order valence-electron chi connectivity index (χ4n) is 2.49. The normalized spacial score (nSPS) is 10.8. The summed E-state index contributed by atoms with van der Waals surface area (Å²) in [5.74, 6) is -1.07. The zero-order valence-corrected chi connectivity index (χ0v) is 21.0. The first kappa shape index (κ1) is 27.1. The molecule has 0 heterocycles. The van der Waals surface area contributed by atoms with Crippen LogP contribution in [0.1, 0.15) is 58.2 Å². The van der Waals surface area contributed by atoms with Crippen LogP contribution in [0.3, 0.4) is 0 Å². The molecule has 0 saturated carbocycles. The molecule has 0 unspecified atom stereocenters. The Labute approximate surface area is 197 Å². The molecule has 0 atom stereocenters. The predicted molar refractivity (Wildman–Crippen MR) is 128 cm³/mol. The number of benzene rings is 2. The molecule has 0 aromatic heterocycles. The van der Waals surface area contributed by atoms with Crippen molar-refractivity contribution < 1.29 is 28.6 Å². The Hall–Kier alpha value is -2.93. The van der Waals surface area contributed by atoms with Crippen molar-refractivity contribution in [2.24, 2.45) is 0 Å². The number of hydrogen-bond acceptors (Lipinski definition) is 6. The van der Waals surface area contributed by atoms with E-state index in [-0.39, 0.29) is 11.9 Å². The van der Waals surface area contributed by atoms with Crippen molar-refractivity contribution >= 4 is 39.9 Å². The molecule has 0 bridgehead atoms. The van der Waals surface area contributed by atoms with Gasteiger partial charge in [0, 0.05) is 10.5 Å². The lowest BCUT2D eigenvalue weighted by Crippen LogP contribution is -2.22. The van der Waals surface area contributed by atoms with Crippen molar-refractivity contribution in [3.8, 4) is 0 Å². The van der Waals surface area contributed by atoms with E-state index in [1.807, 2.05) is 40.7 Å². The molecule has 2 aromatic rings. The van der Waals surface area contributed by atoms with Gasteiger partial charge in [0.05, 0.1) is 25.3 Å². The van der Waals surface area contributed by atoms with E-state index in [0.717, 1.165) is 21.2 Å². The van der Waals surface area contributed by atoms with Gasteiger partial charge in [-0.2, -0.15) is 0 Å². The number of halogens is 1. The molecular formula is C25H29BrO6. The lowest BCUT2D eigenvalue weighted by molar-refractivity contribution is -0.148. The first-order valence-corrected chi connectivity index (χ1v) is 10.6. The third-order valence-electron chi connectivity index (χ3n) is 4.08. The van der Waals surface area contributed by atoms with Crippen molar-refractivity contribution in [1.29, 1.82) is 0 Å². The van der Waals surface area contributed by atoms with Crippen LogP contribution >= 0.6 is 15.9 Å². The van der Waals surface area contributed by atoms with Gasteiger partial charge in [-0.3, -0.25) is 0 Å². The number of carbonyl (C=O) groups is 3. The largest absolute Gasteiger partial charge is 0.465 e. The van der Waals surface area contributed by atoms with Gasteiger partial charge in [0.25, 0.3) is 0 Å². The maximum Gasteiger partial charge on any atom is 0.337 e. The Bertz CT molecular complexity index is 1000. The lowest BCUT2D eigenvalue weighted by atomic mass is 10.0. The fraction of sp³-hybridized carbons (Fsp3) is 0.320. The van der Waals surface area contributed by atoms with Crippen LogP contribution in [-0.2, 0) is 19.0 Å². The summed E-state index contributed by atoms with van der Waals surface area (Å²) in [5.41, 5.74) is 3.32. The summed E-state index contributed by atoms with van der Waals surface area (Å²) >= 11 is 3.35. The fourth-order valence-corrected chi connectivity index (χ4v) is 2.74. The van der Waals surface area contributed by atoms with Crippen molar-refractivity contribution in [1.82, 2.24) is 0 Å². The molecule has 32 heavy (non-hydrogen) atoms. The Morgan fingerprint density at radius 2 is 1.34 bits per heavy atom. The highest BCUT2D eigenvalue weighted by atomic mass is 79.9. The molecule has 0 saturated heterocycles. The highest BCUT2D eigenvalue weighted by molar-refractivity contribution is 9.10. The van der Waals surface area contributed by atoms with Gasteiger partial charge in [0.15, 0.2) is 0 Å². The monoisotopic (exact) mass is 504 g/mol. The third kappa shape index (κ3) is 9.06. The van der Waals surface area contributed by atoms with Crippen LogP contribution in [0.25, 0.3) is 6.08 Å². The maximum atomic E-state index is 11.6. The molecule has 0 aliphatic carbocycles. The Balaban J connectivity index is 0.000000363. The van der Waals surface area contributed by atoms with Gasteiger partial charge in [0.1, 0.15) is 5.60 Å². The first-order valence-electron chi connectivity index (χ1n) is 9.82. The molecule has 2 aromatic carbocycles. The number of rotatable bonds is 4. The van der Waals surface area contributed by atoms with E-state index in [1.54, 1.807) is 36.4 Å². The predicted octanol–water partition coefficient (Wildman–Crippen LogP) is 5.68.